The van der Waals surface area contributed by atoms with E-state index in [0.29, 0.717) is 23.7 Å². The number of rotatable bonds is 6. The van der Waals surface area contributed by atoms with Crippen LogP contribution in [-0.4, -0.2) is 51.6 Å². The van der Waals surface area contributed by atoms with Crippen LogP contribution in [0.15, 0.2) is 61.1 Å². The van der Waals surface area contributed by atoms with E-state index in [4.69, 9.17) is 11.6 Å². The number of nitrogens with one attached hydrogen (secondary N) is 1. The lowest BCUT2D eigenvalue weighted by Gasteiger charge is -2.40. The number of halogens is 2. The summed E-state index contributed by atoms with van der Waals surface area (Å²) in [7, 11) is 0. The van der Waals surface area contributed by atoms with Crippen molar-refractivity contribution < 1.29 is 19.1 Å². The fourth-order valence-corrected chi connectivity index (χ4v) is 4.00. The molecule has 2 amide bonds. The number of piperidine rings is 1. The first kappa shape index (κ1) is 23.7. The molecule has 176 valence electrons. The van der Waals surface area contributed by atoms with Gasteiger partial charge in [0.25, 0.3) is 11.8 Å². The third-order valence-electron chi connectivity index (χ3n) is 5.54. The molecule has 3 heterocycles. The first-order valence-corrected chi connectivity index (χ1v) is 11.2. The van der Waals surface area contributed by atoms with Crippen molar-refractivity contribution in [3.8, 4) is 0 Å². The van der Waals surface area contributed by atoms with Crippen LogP contribution in [0.3, 0.4) is 0 Å². The second kappa shape index (κ2) is 10.7. The molecule has 1 aliphatic rings. The number of aliphatic hydroxyl groups is 1. The number of hydrogen-bond acceptors (Lipinski definition) is 6. The lowest BCUT2D eigenvalue weighted by molar-refractivity contribution is 0.0765. The Kier molecular flexibility index (Phi) is 7.46. The second-order valence-electron chi connectivity index (χ2n) is 7.94. The molecule has 1 aliphatic heterocycles. The molecule has 8 nitrogen and oxygen atoms in total. The predicted octanol–water partition coefficient (Wildman–Crippen LogP) is 3.79. The fraction of sp³-hybridized carbons (Fsp3) is 0.250. The Morgan fingerprint density at radius 1 is 1.24 bits per heavy atom. The monoisotopic (exact) mass is 483 g/mol. The Labute approximate surface area is 201 Å². The average molecular weight is 484 g/mol. The van der Waals surface area contributed by atoms with Crippen LogP contribution in [0.4, 0.5) is 15.9 Å². The van der Waals surface area contributed by atoms with Gasteiger partial charge < -0.3 is 10.4 Å². The van der Waals surface area contributed by atoms with Crippen LogP contribution in [0.2, 0.25) is 5.02 Å². The van der Waals surface area contributed by atoms with Gasteiger partial charge in [-0.1, -0.05) is 11.6 Å². The van der Waals surface area contributed by atoms with Crippen molar-refractivity contribution in [3.05, 3.63) is 83.0 Å². The fourth-order valence-electron chi connectivity index (χ4n) is 3.88. The highest BCUT2D eigenvalue weighted by Crippen LogP contribution is 2.29. The summed E-state index contributed by atoms with van der Waals surface area (Å²) in [4.78, 5) is 34.9. The van der Waals surface area contributed by atoms with E-state index in [0.717, 1.165) is 18.9 Å². The van der Waals surface area contributed by atoms with E-state index in [-0.39, 0.29) is 29.6 Å². The zero-order valence-electron chi connectivity index (χ0n) is 18.2. The number of hydrazine groups is 1. The number of carbonyl (C=O) groups excluding carboxylic acids is 2. The van der Waals surface area contributed by atoms with Gasteiger partial charge in [0.05, 0.1) is 21.8 Å². The zero-order chi connectivity index (χ0) is 24.1. The second-order valence-corrected chi connectivity index (χ2v) is 8.38. The summed E-state index contributed by atoms with van der Waals surface area (Å²) >= 11 is 5.86. The van der Waals surface area contributed by atoms with Gasteiger partial charge >= 0.3 is 0 Å². The molecule has 1 unspecified atom stereocenters. The van der Waals surface area contributed by atoms with Crippen LogP contribution in [0, 0.1) is 11.7 Å². The van der Waals surface area contributed by atoms with E-state index in [2.05, 4.69) is 15.3 Å². The molecule has 2 N–H and O–H groups in total. The summed E-state index contributed by atoms with van der Waals surface area (Å²) in [6.45, 7) is 0.907. The molecule has 0 radical (unpaired) electrons. The topological polar surface area (TPSA) is 98.7 Å². The number of aromatic nitrogens is 2. The van der Waals surface area contributed by atoms with Gasteiger partial charge in [0.1, 0.15) is 11.6 Å². The molecular formula is C24H23ClFN5O3. The first-order chi connectivity index (χ1) is 16.5. The third-order valence-corrected chi connectivity index (χ3v) is 5.76. The SMILES string of the molecule is O=C(Nc1ccc(Cl)cn1)c1cc(F)ccc1N(C(=O)c1cccnc1)N1CCCC(CO)C1. The molecule has 34 heavy (non-hydrogen) atoms. The number of carbonyl (C=O) groups is 2. The van der Waals surface area contributed by atoms with Gasteiger partial charge in [-0.3, -0.25) is 14.6 Å². The highest BCUT2D eigenvalue weighted by molar-refractivity contribution is 6.30. The molecule has 4 rings (SSSR count). The van der Waals surface area contributed by atoms with Crippen LogP contribution in [0.25, 0.3) is 0 Å². The van der Waals surface area contributed by atoms with E-state index in [1.54, 1.807) is 29.4 Å². The Balaban J connectivity index is 1.75. The van der Waals surface area contributed by atoms with Gasteiger partial charge in [0.2, 0.25) is 0 Å². The molecule has 0 aliphatic carbocycles. The summed E-state index contributed by atoms with van der Waals surface area (Å²) < 4.78 is 14.3. The predicted molar refractivity (Wildman–Crippen MR) is 126 cm³/mol. The maximum absolute atomic E-state index is 14.3. The van der Waals surface area contributed by atoms with Crippen LogP contribution >= 0.6 is 11.6 Å². The molecule has 1 fully saturated rings. The van der Waals surface area contributed by atoms with Crippen LogP contribution in [0.1, 0.15) is 33.6 Å². The van der Waals surface area contributed by atoms with E-state index < -0.39 is 17.6 Å². The van der Waals surface area contributed by atoms with Crippen molar-refractivity contribution in [1.29, 1.82) is 0 Å². The molecule has 0 bridgehead atoms. The molecule has 0 spiro atoms. The zero-order valence-corrected chi connectivity index (χ0v) is 19.0. The Morgan fingerprint density at radius 2 is 2.09 bits per heavy atom. The van der Waals surface area contributed by atoms with Crippen molar-refractivity contribution in [2.75, 3.05) is 30.0 Å². The van der Waals surface area contributed by atoms with Gasteiger partial charge in [-0.05, 0) is 61.2 Å². The van der Waals surface area contributed by atoms with Crippen molar-refractivity contribution in [2.24, 2.45) is 5.92 Å². The summed E-state index contributed by atoms with van der Waals surface area (Å²) in [5.41, 5.74) is 0.476. The van der Waals surface area contributed by atoms with Crippen LogP contribution in [-0.2, 0) is 0 Å². The van der Waals surface area contributed by atoms with Crippen LogP contribution in [0.5, 0.6) is 0 Å². The first-order valence-electron chi connectivity index (χ1n) is 10.8. The Hall–Kier alpha value is -3.40. The smallest absolute Gasteiger partial charge is 0.274 e. The normalized spacial score (nSPS) is 16.1. The molecule has 10 heteroatoms. The highest BCUT2D eigenvalue weighted by atomic mass is 35.5. The van der Waals surface area contributed by atoms with E-state index in [1.165, 1.54) is 35.6 Å². The summed E-state index contributed by atoms with van der Waals surface area (Å²) in [5, 5.41) is 15.9. The molecule has 3 aromatic rings. The lowest BCUT2D eigenvalue weighted by atomic mass is 10.00. The van der Waals surface area contributed by atoms with E-state index in [9.17, 15) is 19.1 Å². The molecule has 0 saturated carbocycles. The number of amides is 2. The Morgan fingerprint density at radius 3 is 2.79 bits per heavy atom. The minimum absolute atomic E-state index is 0.0234. The average Bonchev–Trinajstić information content (AvgIpc) is 2.87. The molecule has 1 aromatic carbocycles. The van der Waals surface area contributed by atoms with Gasteiger partial charge in [0, 0.05) is 38.3 Å². The van der Waals surface area contributed by atoms with Crippen molar-refractivity contribution >= 4 is 34.9 Å². The van der Waals surface area contributed by atoms with Gasteiger partial charge in [0.15, 0.2) is 0 Å². The van der Waals surface area contributed by atoms with Gasteiger partial charge in [-0.2, -0.15) is 0 Å². The lowest BCUT2D eigenvalue weighted by Crippen LogP contribution is -2.52. The Bertz CT molecular complexity index is 1160. The maximum atomic E-state index is 14.3. The molecule has 1 atom stereocenters. The van der Waals surface area contributed by atoms with Gasteiger partial charge in [-0.25, -0.2) is 19.4 Å². The third kappa shape index (κ3) is 5.39. The van der Waals surface area contributed by atoms with Crippen molar-refractivity contribution in [1.82, 2.24) is 15.0 Å². The standard InChI is InChI=1S/C24H23ClFN5O3/c25-18-5-8-22(28-13-18)29-23(33)20-11-19(26)6-7-21(20)31(24(34)17-4-1-9-27-12-17)30-10-2-3-16(14-30)15-32/h1,4-9,11-13,16,32H,2-3,10,14-15H2,(H,28,29,33). The minimum atomic E-state index is -0.635. The number of hydrogen-bond donors (Lipinski definition) is 2. The summed E-state index contributed by atoms with van der Waals surface area (Å²) in [6, 6.07) is 10.0. The summed E-state index contributed by atoms with van der Waals surface area (Å²) in [5.74, 6) is -1.48. The quantitative estimate of drug-likeness (QED) is 0.553. The maximum Gasteiger partial charge on any atom is 0.274 e. The summed E-state index contributed by atoms with van der Waals surface area (Å²) in [6.07, 6.45) is 5.94. The largest absolute Gasteiger partial charge is 0.396 e. The molecular weight excluding hydrogens is 461 g/mol. The number of anilines is 2. The molecule has 1 saturated heterocycles. The number of pyridine rings is 2. The van der Waals surface area contributed by atoms with E-state index >= 15 is 0 Å². The highest BCUT2D eigenvalue weighted by Gasteiger charge is 2.32. The number of nitrogens with zero attached hydrogens (tertiary/aromatic N) is 4. The van der Waals surface area contributed by atoms with Crippen LogP contribution < -0.4 is 10.3 Å². The van der Waals surface area contributed by atoms with Gasteiger partial charge in [-0.15, -0.1) is 0 Å². The van der Waals surface area contributed by atoms with Crippen molar-refractivity contribution in [2.45, 2.75) is 12.8 Å². The number of aliphatic hydroxyl groups excluding tert-OH is 1. The van der Waals surface area contributed by atoms with Crippen molar-refractivity contribution in [3.63, 3.8) is 0 Å². The minimum Gasteiger partial charge on any atom is -0.396 e. The molecule has 2 aromatic heterocycles. The van der Waals surface area contributed by atoms with E-state index in [1.807, 2.05) is 0 Å². The number of benzene rings is 1.